The number of phenolic OH excluding ortho intramolecular Hbond substituents is 2. The molecule has 1 aromatic heterocycles. The molecule has 1 heterocycles. The van der Waals surface area contributed by atoms with Gasteiger partial charge < -0.3 is 24.6 Å². The molecule has 0 aliphatic rings. The first-order chi connectivity index (χ1) is 17.4. The molecule has 0 spiro atoms. The van der Waals surface area contributed by atoms with Crippen molar-refractivity contribution in [3.05, 3.63) is 94.7 Å². The number of rotatable bonds is 10. The lowest BCUT2D eigenvalue weighted by molar-refractivity contribution is 0.0259. The number of benzene rings is 3. The van der Waals surface area contributed by atoms with Gasteiger partial charge in [-0.05, 0) is 61.2 Å². The van der Waals surface area contributed by atoms with Crippen LogP contribution in [0.3, 0.4) is 0 Å². The fraction of sp³-hybridized carbons (Fsp3) is 0.300. The molecule has 0 radical (unpaired) electrons. The molecule has 0 saturated heterocycles. The van der Waals surface area contributed by atoms with Gasteiger partial charge in [-0.3, -0.25) is 0 Å². The lowest BCUT2D eigenvalue weighted by atomic mass is 10.0. The van der Waals surface area contributed by atoms with Gasteiger partial charge in [-0.15, -0.1) is 0 Å². The zero-order chi connectivity index (χ0) is 25.7. The molecular weight excluding hydrogens is 454 g/mol. The van der Waals surface area contributed by atoms with Crippen LogP contribution in [0.4, 0.5) is 0 Å². The predicted octanol–water partition coefficient (Wildman–Crippen LogP) is 5.51. The van der Waals surface area contributed by atoms with Crippen molar-refractivity contribution in [2.75, 3.05) is 6.61 Å². The summed E-state index contributed by atoms with van der Waals surface area (Å²) >= 11 is 0. The molecule has 0 aliphatic carbocycles. The highest BCUT2D eigenvalue weighted by Crippen LogP contribution is 2.32. The molecule has 1 atom stereocenters. The molecule has 0 amide bonds. The molecule has 4 rings (SSSR count). The average molecular weight is 488 g/mol. The molecule has 6 heteroatoms. The van der Waals surface area contributed by atoms with Gasteiger partial charge in [0.05, 0.1) is 23.8 Å². The molecule has 0 fully saturated rings. The van der Waals surface area contributed by atoms with Crippen molar-refractivity contribution in [3.8, 4) is 11.5 Å². The third-order valence-electron chi connectivity index (χ3n) is 6.40. The number of esters is 1. The number of aliphatic hydroxyl groups excluding tert-OH is 1. The van der Waals surface area contributed by atoms with Gasteiger partial charge in [0.25, 0.3) is 0 Å². The Bertz CT molecular complexity index is 1330. The van der Waals surface area contributed by atoms with Crippen LogP contribution in [-0.2, 0) is 24.1 Å². The number of fused-ring (bicyclic) bond motifs is 1. The second kappa shape index (κ2) is 11.3. The summed E-state index contributed by atoms with van der Waals surface area (Å²) in [5.41, 5.74) is 4.60. The molecule has 4 aromatic rings. The van der Waals surface area contributed by atoms with Gasteiger partial charge in [0.2, 0.25) is 0 Å². The van der Waals surface area contributed by atoms with Crippen molar-refractivity contribution in [1.82, 2.24) is 4.57 Å². The Morgan fingerprint density at radius 2 is 1.78 bits per heavy atom. The summed E-state index contributed by atoms with van der Waals surface area (Å²) in [7, 11) is 0. The number of hydrogen-bond donors (Lipinski definition) is 3. The molecule has 0 aliphatic heterocycles. The number of carbonyl (C=O) groups excluding carboxylic acids is 1. The van der Waals surface area contributed by atoms with E-state index >= 15 is 0 Å². The molecule has 36 heavy (non-hydrogen) atoms. The molecular formula is C30H33NO5. The maximum absolute atomic E-state index is 12.3. The Balaban J connectivity index is 1.50. The van der Waals surface area contributed by atoms with E-state index in [1.54, 1.807) is 30.3 Å². The largest absolute Gasteiger partial charge is 0.507 e. The second-order valence-corrected chi connectivity index (χ2v) is 9.34. The van der Waals surface area contributed by atoms with Crippen LogP contribution in [0.1, 0.15) is 52.4 Å². The fourth-order valence-electron chi connectivity index (χ4n) is 4.51. The Morgan fingerprint density at radius 1 is 1.03 bits per heavy atom. The first kappa shape index (κ1) is 25.3. The van der Waals surface area contributed by atoms with Crippen LogP contribution in [0, 0.1) is 6.92 Å². The average Bonchev–Trinajstić information content (AvgIpc) is 3.20. The number of hydrogen-bond acceptors (Lipinski definition) is 5. The smallest absolute Gasteiger partial charge is 0.338 e. The Kier molecular flexibility index (Phi) is 7.96. The summed E-state index contributed by atoms with van der Waals surface area (Å²) in [5, 5.41) is 32.8. The number of aromatic nitrogens is 1. The molecule has 0 bridgehead atoms. The normalized spacial score (nSPS) is 12.1. The van der Waals surface area contributed by atoms with Crippen molar-refractivity contribution >= 4 is 16.9 Å². The summed E-state index contributed by atoms with van der Waals surface area (Å²) in [6, 6.07) is 18.4. The highest BCUT2D eigenvalue weighted by atomic mass is 16.5. The number of aromatic hydroxyl groups is 2. The standard InChI is InChI=1S/C30H33NO5/c1-3-4-9-21-14-28(33)26(29(34)15-21)18-31-17-23(25-11-5-6-12-27(25)31)16-24(32)19-36-30(35)22-10-7-8-20(2)13-22/h5-8,10-15,17,24,32-34H,3-4,9,16,18-19H2,1-2H3. The summed E-state index contributed by atoms with van der Waals surface area (Å²) in [4.78, 5) is 12.3. The Morgan fingerprint density at radius 3 is 2.50 bits per heavy atom. The third-order valence-corrected chi connectivity index (χ3v) is 6.40. The van der Waals surface area contributed by atoms with E-state index in [9.17, 15) is 20.1 Å². The first-order valence-electron chi connectivity index (χ1n) is 12.4. The number of nitrogens with zero attached hydrogens (tertiary/aromatic N) is 1. The monoisotopic (exact) mass is 487 g/mol. The zero-order valence-corrected chi connectivity index (χ0v) is 20.8. The molecule has 188 valence electrons. The van der Waals surface area contributed by atoms with Crippen molar-refractivity contribution < 1.29 is 24.9 Å². The quantitative estimate of drug-likeness (QED) is 0.257. The van der Waals surface area contributed by atoms with E-state index in [2.05, 4.69) is 6.92 Å². The number of ether oxygens (including phenoxy) is 1. The van der Waals surface area contributed by atoms with Crippen LogP contribution in [0.5, 0.6) is 11.5 Å². The highest BCUT2D eigenvalue weighted by Gasteiger charge is 2.17. The topological polar surface area (TPSA) is 91.9 Å². The first-order valence-corrected chi connectivity index (χ1v) is 12.4. The fourth-order valence-corrected chi connectivity index (χ4v) is 4.51. The Labute approximate surface area is 211 Å². The SMILES string of the molecule is CCCCc1cc(O)c(Cn2cc(CC(O)COC(=O)c3cccc(C)c3)c3ccccc32)c(O)c1. The molecule has 0 saturated carbocycles. The maximum atomic E-state index is 12.3. The summed E-state index contributed by atoms with van der Waals surface area (Å²) in [6.07, 6.45) is 4.17. The predicted molar refractivity (Wildman–Crippen MR) is 141 cm³/mol. The van der Waals surface area contributed by atoms with Gasteiger partial charge in [-0.1, -0.05) is 49.2 Å². The maximum Gasteiger partial charge on any atom is 0.338 e. The third kappa shape index (κ3) is 5.89. The van der Waals surface area contributed by atoms with E-state index in [4.69, 9.17) is 4.74 Å². The van der Waals surface area contributed by atoms with E-state index in [-0.39, 0.29) is 24.7 Å². The van der Waals surface area contributed by atoms with E-state index in [1.165, 1.54) is 0 Å². The van der Waals surface area contributed by atoms with Crippen molar-refractivity contribution in [2.24, 2.45) is 0 Å². The van der Waals surface area contributed by atoms with E-state index in [1.807, 2.05) is 48.0 Å². The van der Waals surface area contributed by atoms with E-state index in [0.29, 0.717) is 17.5 Å². The number of aryl methyl sites for hydroxylation is 2. The molecule has 3 N–H and O–H groups in total. The molecule has 6 nitrogen and oxygen atoms in total. The number of aliphatic hydroxyl groups is 1. The van der Waals surface area contributed by atoms with Crippen molar-refractivity contribution in [2.45, 2.75) is 52.2 Å². The highest BCUT2D eigenvalue weighted by molar-refractivity contribution is 5.89. The lowest BCUT2D eigenvalue weighted by Crippen LogP contribution is -2.21. The number of carbonyl (C=O) groups is 1. The van der Waals surface area contributed by atoms with Crippen LogP contribution < -0.4 is 0 Å². The minimum absolute atomic E-state index is 0.0727. The van der Waals surface area contributed by atoms with Crippen LogP contribution in [0.2, 0.25) is 0 Å². The summed E-state index contributed by atoms with van der Waals surface area (Å²) < 4.78 is 7.30. The number of para-hydroxylation sites is 1. The van der Waals surface area contributed by atoms with Crippen LogP contribution >= 0.6 is 0 Å². The minimum Gasteiger partial charge on any atom is -0.507 e. The van der Waals surface area contributed by atoms with E-state index < -0.39 is 12.1 Å². The Hall–Kier alpha value is -3.77. The van der Waals surface area contributed by atoms with Gasteiger partial charge in [0.1, 0.15) is 18.1 Å². The van der Waals surface area contributed by atoms with Crippen LogP contribution in [0.15, 0.2) is 66.9 Å². The van der Waals surface area contributed by atoms with Crippen LogP contribution in [0.25, 0.3) is 10.9 Å². The summed E-state index contributed by atoms with van der Waals surface area (Å²) in [6.45, 7) is 4.17. The molecule has 1 unspecified atom stereocenters. The van der Waals surface area contributed by atoms with Crippen molar-refractivity contribution in [1.29, 1.82) is 0 Å². The van der Waals surface area contributed by atoms with Crippen molar-refractivity contribution in [3.63, 3.8) is 0 Å². The van der Waals surface area contributed by atoms with Gasteiger partial charge >= 0.3 is 5.97 Å². The lowest BCUT2D eigenvalue weighted by Gasteiger charge is -2.12. The number of unbranched alkanes of at least 4 members (excludes halogenated alkanes) is 1. The minimum atomic E-state index is -0.877. The van der Waals surface area contributed by atoms with Crippen LogP contribution in [-0.4, -0.2) is 38.6 Å². The van der Waals surface area contributed by atoms with Gasteiger partial charge in [-0.2, -0.15) is 0 Å². The van der Waals surface area contributed by atoms with Gasteiger partial charge in [-0.25, -0.2) is 4.79 Å². The summed E-state index contributed by atoms with van der Waals surface area (Å²) in [5.74, 6) is -0.319. The van der Waals surface area contributed by atoms with E-state index in [0.717, 1.165) is 46.9 Å². The van der Waals surface area contributed by atoms with Gasteiger partial charge in [0, 0.05) is 23.5 Å². The number of phenols is 2. The zero-order valence-electron chi connectivity index (χ0n) is 20.8. The molecule has 3 aromatic carbocycles. The van der Waals surface area contributed by atoms with Gasteiger partial charge in [0.15, 0.2) is 0 Å². The second-order valence-electron chi connectivity index (χ2n) is 9.34.